The minimum absolute atomic E-state index is 0.152. The highest BCUT2D eigenvalue weighted by atomic mass is 16.5. The number of ketones is 1. The molecule has 16 heavy (non-hydrogen) atoms. The first-order valence-corrected chi connectivity index (χ1v) is 6.13. The molecule has 0 aliphatic carbocycles. The molecule has 0 aromatic carbocycles. The Morgan fingerprint density at radius 2 is 1.75 bits per heavy atom. The molecule has 0 unspecified atom stereocenters. The maximum absolute atomic E-state index is 10.6. The van der Waals surface area contributed by atoms with Crippen LogP contribution in [0, 0.1) is 0 Å². The average Bonchev–Trinajstić information content (AvgIpc) is 2.25. The molecule has 0 amide bonds. The lowest BCUT2D eigenvalue weighted by Gasteiger charge is -2.06. The SMILES string of the molecule is CCCCCOCCOCCNCC(C)=O. The number of nitrogens with one attached hydrogen (secondary N) is 1. The molecule has 4 heteroatoms. The van der Waals surface area contributed by atoms with Crippen LogP contribution in [0.5, 0.6) is 0 Å². The summed E-state index contributed by atoms with van der Waals surface area (Å²) >= 11 is 0. The molecule has 1 N–H and O–H groups in total. The number of ether oxygens (including phenoxy) is 2. The van der Waals surface area contributed by atoms with Gasteiger partial charge < -0.3 is 14.8 Å². The van der Waals surface area contributed by atoms with Gasteiger partial charge in [0.05, 0.1) is 26.4 Å². The normalized spacial score (nSPS) is 10.6. The van der Waals surface area contributed by atoms with E-state index in [2.05, 4.69) is 12.2 Å². The molecule has 0 aliphatic rings. The minimum atomic E-state index is 0.152. The Morgan fingerprint density at radius 1 is 1.06 bits per heavy atom. The van der Waals surface area contributed by atoms with Gasteiger partial charge in [-0.15, -0.1) is 0 Å². The van der Waals surface area contributed by atoms with Gasteiger partial charge in [-0.1, -0.05) is 19.8 Å². The Labute approximate surface area is 98.7 Å². The minimum Gasteiger partial charge on any atom is -0.379 e. The summed E-state index contributed by atoms with van der Waals surface area (Å²) < 4.78 is 10.7. The molecule has 0 aliphatic heterocycles. The van der Waals surface area contributed by atoms with E-state index in [1.165, 1.54) is 12.8 Å². The molecule has 0 fully saturated rings. The van der Waals surface area contributed by atoms with Crippen LogP contribution in [0.15, 0.2) is 0 Å². The van der Waals surface area contributed by atoms with E-state index in [-0.39, 0.29) is 5.78 Å². The third-order valence-electron chi connectivity index (χ3n) is 2.06. The van der Waals surface area contributed by atoms with E-state index in [4.69, 9.17) is 9.47 Å². The van der Waals surface area contributed by atoms with Crippen molar-refractivity contribution in [2.75, 3.05) is 39.5 Å². The number of hydrogen-bond acceptors (Lipinski definition) is 4. The van der Waals surface area contributed by atoms with Crippen molar-refractivity contribution in [1.82, 2.24) is 5.32 Å². The molecule has 0 rings (SSSR count). The second kappa shape index (κ2) is 12.6. The van der Waals surface area contributed by atoms with Crippen LogP contribution in [0.2, 0.25) is 0 Å². The van der Waals surface area contributed by atoms with Gasteiger partial charge >= 0.3 is 0 Å². The lowest BCUT2D eigenvalue weighted by atomic mass is 10.3. The Bertz CT molecular complexity index is 162. The third kappa shape index (κ3) is 13.5. The van der Waals surface area contributed by atoms with E-state index in [0.717, 1.165) is 19.6 Å². The summed E-state index contributed by atoms with van der Waals surface area (Å²) in [7, 11) is 0. The topological polar surface area (TPSA) is 47.6 Å². The first-order chi connectivity index (χ1) is 7.77. The highest BCUT2D eigenvalue weighted by Gasteiger charge is 1.93. The van der Waals surface area contributed by atoms with Crippen LogP contribution in [0.25, 0.3) is 0 Å². The highest BCUT2D eigenvalue weighted by Crippen LogP contribution is 1.93. The number of rotatable bonds is 12. The number of carbonyl (C=O) groups is 1. The zero-order valence-electron chi connectivity index (χ0n) is 10.6. The number of Topliss-reactive ketones (excluding diaryl/α,β-unsaturated/α-hetero) is 1. The van der Waals surface area contributed by atoms with Crippen LogP contribution in [-0.2, 0) is 14.3 Å². The van der Waals surface area contributed by atoms with Gasteiger partial charge in [-0.2, -0.15) is 0 Å². The molecular formula is C12H25NO3. The molecule has 0 aromatic heterocycles. The summed E-state index contributed by atoms with van der Waals surface area (Å²) in [6.07, 6.45) is 3.59. The second-order valence-electron chi connectivity index (χ2n) is 3.81. The summed E-state index contributed by atoms with van der Waals surface area (Å²) in [4.78, 5) is 10.6. The smallest absolute Gasteiger partial charge is 0.143 e. The summed E-state index contributed by atoms with van der Waals surface area (Å²) in [5.41, 5.74) is 0. The molecule has 0 radical (unpaired) electrons. The van der Waals surface area contributed by atoms with Crippen molar-refractivity contribution in [3.63, 3.8) is 0 Å². The van der Waals surface area contributed by atoms with Crippen LogP contribution in [0.3, 0.4) is 0 Å². The van der Waals surface area contributed by atoms with Crippen molar-refractivity contribution >= 4 is 5.78 Å². The summed E-state index contributed by atoms with van der Waals surface area (Å²) in [6.45, 7) is 7.65. The summed E-state index contributed by atoms with van der Waals surface area (Å²) in [5, 5.41) is 2.99. The molecule has 0 bridgehead atoms. The van der Waals surface area contributed by atoms with Crippen molar-refractivity contribution in [1.29, 1.82) is 0 Å². The van der Waals surface area contributed by atoms with Gasteiger partial charge in [-0.25, -0.2) is 0 Å². The van der Waals surface area contributed by atoms with Gasteiger partial charge in [0.15, 0.2) is 0 Å². The van der Waals surface area contributed by atoms with E-state index in [0.29, 0.717) is 26.4 Å². The summed E-state index contributed by atoms with van der Waals surface area (Å²) in [5.74, 6) is 0.152. The third-order valence-corrected chi connectivity index (χ3v) is 2.06. The Hall–Kier alpha value is -0.450. The van der Waals surface area contributed by atoms with E-state index in [1.807, 2.05) is 0 Å². The predicted molar refractivity (Wildman–Crippen MR) is 64.7 cm³/mol. The first-order valence-electron chi connectivity index (χ1n) is 6.13. The number of hydrogen-bond donors (Lipinski definition) is 1. The maximum Gasteiger partial charge on any atom is 0.143 e. The molecule has 0 atom stereocenters. The van der Waals surface area contributed by atoms with Gasteiger partial charge in [0.1, 0.15) is 5.78 Å². The zero-order chi connectivity index (χ0) is 12.1. The van der Waals surface area contributed by atoms with Gasteiger partial charge in [0.2, 0.25) is 0 Å². The lowest BCUT2D eigenvalue weighted by Crippen LogP contribution is -2.25. The molecule has 0 saturated heterocycles. The molecular weight excluding hydrogens is 206 g/mol. The predicted octanol–water partition coefficient (Wildman–Crippen LogP) is 1.39. The lowest BCUT2D eigenvalue weighted by molar-refractivity contribution is -0.116. The average molecular weight is 231 g/mol. The van der Waals surface area contributed by atoms with E-state index in [9.17, 15) is 4.79 Å². The van der Waals surface area contributed by atoms with E-state index >= 15 is 0 Å². The van der Waals surface area contributed by atoms with E-state index in [1.54, 1.807) is 6.92 Å². The molecule has 0 spiro atoms. The fraction of sp³-hybridized carbons (Fsp3) is 0.917. The number of carbonyl (C=O) groups excluding carboxylic acids is 1. The molecule has 96 valence electrons. The molecule has 0 aromatic rings. The summed E-state index contributed by atoms with van der Waals surface area (Å²) in [6, 6.07) is 0. The maximum atomic E-state index is 10.6. The van der Waals surface area contributed by atoms with Crippen molar-refractivity contribution in [3.8, 4) is 0 Å². The Kier molecular flexibility index (Phi) is 12.3. The van der Waals surface area contributed by atoms with Crippen LogP contribution < -0.4 is 5.32 Å². The fourth-order valence-corrected chi connectivity index (χ4v) is 1.18. The standard InChI is InChI=1S/C12H25NO3/c1-3-4-5-7-15-9-10-16-8-6-13-11-12(2)14/h13H,3-11H2,1-2H3. The van der Waals surface area contributed by atoms with Crippen molar-refractivity contribution in [3.05, 3.63) is 0 Å². The van der Waals surface area contributed by atoms with Gasteiger partial charge in [-0.05, 0) is 13.3 Å². The van der Waals surface area contributed by atoms with E-state index < -0.39 is 0 Å². The molecule has 0 heterocycles. The zero-order valence-corrected chi connectivity index (χ0v) is 10.6. The van der Waals surface area contributed by atoms with Crippen LogP contribution in [0.4, 0.5) is 0 Å². The van der Waals surface area contributed by atoms with Gasteiger partial charge in [0.25, 0.3) is 0 Å². The van der Waals surface area contributed by atoms with Crippen molar-refractivity contribution < 1.29 is 14.3 Å². The van der Waals surface area contributed by atoms with Crippen LogP contribution in [0.1, 0.15) is 33.1 Å². The monoisotopic (exact) mass is 231 g/mol. The molecule has 4 nitrogen and oxygen atoms in total. The number of unbranched alkanes of at least 4 members (excludes halogenated alkanes) is 2. The van der Waals surface area contributed by atoms with Crippen LogP contribution in [-0.4, -0.2) is 45.3 Å². The fourth-order valence-electron chi connectivity index (χ4n) is 1.18. The highest BCUT2D eigenvalue weighted by molar-refractivity contribution is 5.77. The van der Waals surface area contributed by atoms with Crippen LogP contribution >= 0.6 is 0 Å². The Balaban J connectivity index is 2.90. The Morgan fingerprint density at radius 3 is 2.38 bits per heavy atom. The van der Waals surface area contributed by atoms with Crippen molar-refractivity contribution in [2.45, 2.75) is 33.1 Å². The second-order valence-corrected chi connectivity index (χ2v) is 3.81. The van der Waals surface area contributed by atoms with Gasteiger partial charge in [-0.3, -0.25) is 4.79 Å². The van der Waals surface area contributed by atoms with Gasteiger partial charge in [0, 0.05) is 13.2 Å². The van der Waals surface area contributed by atoms with Crippen molar-refractivity contribution in [2.24, 2.45) is 0 Å². The quantitative estimate of drug-likeness (QED) is 0.516. The molecule has 0 saturated carbocycles. The largest absolute Gasteiger partial charge is 0.379 e. The first kappa shape index (κ1) is 15.6.